The molecule has 1 amide bonds. The van der Waals surface area contributed by atoms with E-state index in [1.165, 1.54) is 0 Å². The predicted molar refractivity (Wildman–Crippen MR) is 80.3 cm³/mol. The SMILES string of the molecule is COCCN(CCO)C(=O)c1ccc2c(c1)nc(C)n2C. The van der Waals surface area contributed by atoms with Gasteiger partial charge in [0.25, 0.3) is 5.91 Å². The van der Waals surface area contributed by atoms with Gasteiger partial charge in [0.05, 0.1) is 24.2 Å². The molecule has 1 heterocycles. The Labute approximate surface area is 124 Å². The van der Waals surface area contributed by atoms with Crippen molar-refractivity contribution in [2.24, 2.45) is 7.05 Å². The molecule has 0 fully saturated rings. The van der Waals surface area contributed by atoms with Gasteiger partial charge in [-0.05, 0) is 25.1 Å². The second kappa shape index (κ2) is 6.69. The normalized spacial score (nSPS) is 11.0. The Bertz CT molecular complexity index is 636. The molecule has 0 saturated carbocycles. The van der Waals surface area contributed by atoms with Crippen molar-refractivity contribution in [3.8, 4) is 0 Å². The minimum absolute atomic E-state index is 0.0691. The van der Waals surface area contributed by atoms with Crippen molar-refractivity contribution in [2.45, 2.75) is 6.92 Å². The number of aliphatic hydroxyl groups excluding tert-OH is 1. The van der Waals surface area contributed by atoms with Crippen molar-refractivity contribution < 1.29 is 14.6 Å². The van der Waals surface area contributed by atoms with Crippen LogP contribution in [0.15, 0.2) is 18.2 Å². The number of methoxy groups -OCH3 is 1. The monoisotopic (exact) mass is 291 g/mol. The van der Waals surface area contributed by atoms with Gasteiger partial charge >= 0.3 is 0 Å². The molecule has 0 atom stereocenters. The van der Waals surface area contributed by atoms with Crippen molar-refractivity contribution in [3.63, 3.8) is 0 Å². The van der Waals surface area contributed by atoms with Crippen LogP contribution in [0.25, 0.3) is 11.0 Å². The van der Waals surface area contributed by atoms with Crippen LogP contribution in [0.5, 0.6) is 0 Å². The maximum absolute atomic E-state index is 12.5. The summed E-state index contributed by atoms with van der Waals surface area (Å²) in [6, 6.07) is 5.49. The van der Waals surface area contributed by atoms with Gasteiger partial charge in [-0.25, -0.2) is 4.98 Å². The Morgan fingerprint density at radius 2 is 2.19 bits per heavy atom. The summed E-state index contributed by atoms with van der Waals surface area (Å²) in [5.74, 6) is 0.785. The number of aromatic nitrogens is 2. The third-order valence-electron chi connectivity index (χ3n) is 3.57. The summed E-state index contributed by atoms with van der Waals surface area (Å²) in [7, 11) is 3.53. The molecule has 2 aromatic rings. The molecule has 1 aromatic carbocycles. The highest BCUT2D eigenvalue weighted by atomic mass is 16.5. The standard InChI is InChI=1S/C15H21N3O3/c1-11-16-13-10-12(4-5-14(13)17(11)2)15(20)18(6-8-19)7-9-21-3/h4-5,10,19H,6-9H2,1-3H3. The third kappa shape index (κ3) is 3.22. The maximum Gasteiger partial charge on any atom is 0.254 e. The molecule has 0 aliphatic carbocycles. The Balaban J connectivity index is 2.28. The molecule has 0 bridgehead atoms. The van der Waals surface area contributed by atoms with Crippen LogP contribution in [-0.2, 0) is 11.8 Å². The van der Waals surface area contributed by atoms with Gasteiger partial charge in [0.1, 0.15) is 5.82 Å². The van der Waals surface area contributed by atoms with E-state index in [1.54, 1.807) is 24.1 Å². The molecule has 0 spiro atoms. The molecule has 0 radical (unpaired) electrons. The van der Waals surface area contributed by atoms with Crippen molar-refractivity contribution in [3.05, 3.63) is 29.6 Å². The number of amides is 1. The molecule has 6 nitrogen and oxygen atoms in total. The number of hydrogen-bond acceptors (Lipinski definition) is 4. The number of hydrogen-bond donors (Lipinski definition) is 1. The van der Waals surface area contributed by atoms with Crippen LogP contribution in [0.3, 0.4) is 0 Å². The van der Waals surface area contributed by atoms with Gasteiger partial charge in [0, 0.05) is 32.8 Å². The molecule has 1 aromatic heterocycles. The van der Waals surface area contributed by atoms with E-state index in [0.29, 0.717) is 25.3 Å². The quantitative estimate of drug-likeness (QED) is 0.861. The van der Waals surface area contributed by atoms with E-state index in [2.05, 4.69) is 4.98 Å². The first-order chi connectivity index (χ1) is 10.1. The van der Waals surface area contributed by atoms with Crippen LogP contribution in [-0.4, -0.2) is 58.9 Å². The lowest BCUT2D eigenvalue weighted by atomic mass is 10.1. The highest BCUT2D eigenvalue weighted by molar-refractivity contribution is 5.97. The van der Waals surface area contributed by atoms with Crippen LogP contribution >= 0.6 is 0 Å². The molecular formula is C15H21N3O3. The lowest BCUT2D eigenvalue weighted by Gasteiger charge is -2.21. The first-order valence-corrected chi connectivity index (χ1v) is 6.90. The largest absolute Gasteiger partial charge is 0.395 e. The van der Waals surface area contributed by atoms with Gasteiger partial charge < -0.3 is 19.3 Å². The van der Waals surface area contributed by atoms with Gasteiger partial charge in [-0.2, -0.15) is 0 Å². The van der Waals surface area contributed by atoms with Crippen LogP contribution in [0.1, 0.15) is 16.2 Å². The minimum atomic E-state index is -0.119. The van der Waals surface area contributed by atoms with E-state index >= 15 is 0 Å². The molecule has 6 heteroatoms. The van der Waals surface area contributed by atoms with E-state index in [-0.39, 0.29) is 12.5 Å². The summed E-state index contributed by atoms with van der Waals surface area (Å²) in [6.45, 7) is 3.05. The first-order valence-electron chi connectivity index (χ1n) is 6.90. The zero-order valence-electron chi connectivity index (χ0n) is 12.7. The topological polar surface area (TPSA) is 67.6 Å². The number of nitrogens with zero attached hydrogens (tertiary/aromatic N) is 3. The summed E-state index contributed by atoms with van der Waals surface area (Å²) in [6.07, 6.45) is 0. The Hall–Kier alpha value is -1.92. The van der Waals surface area contributed by atoms with E-state index in [0.717, 1.165) is 16.9 Å². The Kier molecular flexibility index (Phi) is 4.93. The number of aryl methyl sites for hydroxylation is 2. The highest BCUT2D eigenvalue weighted by Gasteiger charge is 2.16. The van der Waals surface area contributed by atoms with Crippen molar-refractivity contribution in [1.29, 1.82) is 0 Å². The van der Waals surface area contributed by atoms with Crippen LogP contribution in [0.4, 0.5) is 0 Å². The predicted octanol–water partition coefficient (Wildman–Crippen LogP) is 0.963. The molecule has 21 heavy (non-hydrogen) atoms. The fourth-order valence-electron chi connectivity index (χ4n) is 2.27. The van der Waals surface area contributed by atoms with Crippen LogP contribution < -0.4 is 0 Å². The van der Waals surface area contributed by atoms with Gasteiger partial charge in [0.15, 0.2) is 0 Å². The number of carbonyl (C=O) groups is 1. The number of carbonyl (C=O) groups excluding carboxylic acids is 1. The van der Waals surface area contributed by atoms with Crippen molar-refractivity contribution >= 4 is 16.9 Å². The summed E-state index contributed by atoms with van der Waals surface area (Å²) in [5.41, 5.74) is 2.37. The summed E-state index contributed by atoms with van der Waals surface area (Å²) < 4.78 is 6.99. The van der Waals surface area contributed by atoms with Gasteiger partial charge in [-0.15, -0.1) is 0 Å². The zero-order valence-corrected chi connectivity index (χ0v) is 12.7. The third-order valence-corrected chi connectivity index (χ3v) is 3.57. The molecule has 0 unspecified atom stereocenters. The summed E-state index contributed by atoms with van der Waals surface area (Å²) in [5, 5.41) is 9.09. The van der Waals surface area contributed by atoms with E-state index < -0.39 is 0 Å². The molecule has 2 rings (SSSR count). The zero-order chi connectivity index (χ0) is 15.4. The second-order valence-corrected chi connectivity index (χ2v) is 4.93. The molecule has 0 aliphatic heterocycles. The second-order valence-electron chi connectivity index (χ2n) is 4.93. The molecule has 1 N–H and O–H groups in total. The minimum Gasteiger partial charge on any atom is -0.395 e. The van der Waals surface area contributed by atoms with Crippen LogP contribution in [0.2, 0.25) is 0 Å². The fourth-order valence-corrected chi connectivity index (χ4v) is 2.27. The molecule has 0 saturated heterocycles. The van der Waals surface area contributed by atoms with E-state index in [1.807, 2.05) is 24.6 Å². The number of benzene rings is 1. The van der Waals surface area contributed by atoms with Crippen molar-refractivity contribution in [1.82, 2.24) is 14.5 Å². The molecular weight excluding hydrogens is 270 g/mol. The smallest absolute Gasteiger partial charge is 0.254 e. The molecule has 114 valence electrons. The lowest BCUT2D eigenvalue weighted by Crippen LogP contribution is -2.36. The lowest BCUT2D eigenvalue weighted by molar-refractivity contribution is 0.0656. The number of ether oxygens (including phenoxy) is 1. The maximum atomic E-state index is 12.5. The molecule has 0 aliphatic rings. The van der Waals surface area contributed by atoms with E-state index in [4.69, 9.17) is 9.84 Å². The first kappa shape index (κ1) is 15.5. The average molecular weight is 291 g/mol. The summed E-state index contributed by atoms with van der Waals surface area (Å²) >= 11 is 0. The highest BCUT2D eigenvalue weighted by Crippen LogP contribution is 2.17. The average Bonchev–Trinajstić information content (AvgIpc) is 2.77. The van der Waals surface area contributed by atoms with Crippen molar-refractivity contribution in [2.75, 3.05) is 33.4 Å². The van der Waals surface area contributed by atoms with Crippen LogP contribution in [0, 0.1) is 6.92 Å². The Morgan fingerprint density at radius 1 is 1.43 bits per heavy atom. The van der Waals surface area contributed by atoms with Gasteiger partial charge in [-0.3, -0.25) is 4.79 Å². The Morgan fingerprint density at radius 3 is 2.86 bits per heavy atom. The fraction of sp³-hybridized carbons (Fsp3) is 0.467. The van der Waals surface area contributed by atoms with E-state index in [9.17, 15) is 4.79 Å². The number of fused-ring (bicyclic) bond motifs is 1. The summed E-state index contributed by atoms with van der Waals surface area (Å²) in [4.78, 5) is 18.5. The number of aliphatic hydroxyl groups is 1. The number of rotatable bonds is 6. The van der Waals surface area contributed by atoms with Gasteiger partial charge in [0.2, 0.25) is 0 Å². The van der Waals surface area contributed by atoms with Gasteiger partial charge in [-0.1, -0.05) is 0 Å². The number of imidazole rings is 1.